The molecule has 0 aliphatic heterocycles. The van der Waals surface area contributed by atoms with Gasteiger partial charge in [0.25, 0.3) is 6.01 Å². The van der Waals surface area contributed by atoms with Gasteiger partial charge in [-0.2, -0.15) is 9.97 Å². The first kappa shape index (κ1) is 24.6. The molecule has 2 fully saturated rings. The van der Waals surface area contributed by atoms with E-state index in [1.165, 1.54) is 6.92 Å². The molecule has 0 aromatic carbocycles. The van der Waals surface area contributed by atoms with E-state index in [1.54, 1.807) is 10.6 Å². The lowest BCUT2D eigenvalue weighted by Crippen LogP contribution is -2.36. The zero-order valence-corrected chi connectivity index (χ0v) is 20.1. The molecular weight excluding hydrogens is 446 g/mol. The fraction of sp³-hybridized carbons (Fsp3) is 0.708. The molecule has 2 aliphatic carbocycles. The summed E-state index contributed by atoms with van der Waals surface area (Å²) in [6.45, 7) is 3.94. The Morgan fingerprint density at radius 1 is 1.09 bits per heavy atom. The Morgan fingerprint density at radius 2 is 1.74 bits per heavy atom. The molecule has 4 rings (SSSR count). The number of alkyl halides is 2. The number of nitrogens with zero attached hydrogens (tertiary/aromatic N) is 3. The van der Waals surface area contributed by atoms with Gasteiger partial charge >= 0.3 is 0 Å². The van der Waals surface area contributed by atoms with Crippen molar-refractivity contribution < 1.29 is 27.8 Å². The number of nitrogens with one attached hydrogen (secondary N) is 1. The van der Waals surface area contributed by atoms with Crippen LogP contribution in [0.5, 0.6) is 11.9 Å². The summed E-state index contributed by atoms with van der Waals surface area (Å²) >= 11 is 0. The van der Waals surface area contributed by atoms with Crippen molar-refractivity contribution in [2.75, 3.05) is 6.61 Å². The van der Waals surface area contributed by atoms with Crippen LogP contribution in [0.15, 0.2) is 12.1 Å². The molecule has 2 aromatic rings. The van der Waals surface area contributed by atoms with Gasteiger partial charge in [-0.05, 0) is 51.5 Å². The van der Waals surface area contributed by atoms with Gasteiger partial charge in [-0.3, -0.25) is 9.36 Å². The minimum absolute atomic E-state index is 0.00535. The molecule has 1 atom stereocenters. The number of carbonyl (C=O) groups excluding carboxylic acids is 1. The highest BCUT2D eigenvalue weighted by atomic mass is 19.3. The third kappa shape index (κ3) is 6.34. The van der Waals surface area contributed by atoms with Gasteiger partial charge in [-0.1, -0.05) is 0 Å². The van der Waals surface area contributed by atoms with E-state index in [9.17, 15) is 13.6 Å². The van der Waals surface area contributed by atoms with E-state index >= 15 is 0 Å². The molecule has 0 radical (unpaired) electrons. The van der Waals surface area contributed by atoms with Crippen LogP contribution in [-0.4, -0.2) is 57.3 Å². The van der Waals surface area contributed by atoms with Crippen molar-refractivity contribution in [1.82, 2.24) is 19.9 Å². The van der Waals surface area contributed by atoms with Gasteiger partial charge in [-0.15, -0.1) is 0 Å². The van der Waals surface area contributed by atoms with Crippen LogP contribution in [0.3, 0.4) is 0 Å². The summed E-state index contributed by atoms with van der Waals surface area (Å²) in [6.07, 6.45) is 3.81. The van der Waals surface area contributed by atoms with Gasteiger partial charge in [0.1, 0.15) is 17.7 Å². The topological polar surface area (TPSA) is 87.5 Å². The summed E-state index contributed by atoms with van der Waals surface area (Å²) in [6, 6.07) is 4.03. The lowest BCUT2D eigenvalue weighted by atomic mass is 9.94. The Kier molecular flexibility index (Phi) is 7.54. The number of amides is 1. The van der Waals surface area contributed by atoms with Crippen LogP contribution in [-0.2, 0) is 16.6 Å². The average Bonchev–Trinajstić information content (AvgIpc) is 3.09. The Balaban J connectivity index is 1.29. The van der Waals surface area contributed by atoms with Gasteiger partial charge in [0, 0.05) is 38.9 Å². The van der Waals surface area contributed by atoms with Gasteiger partial charge in [-0.25, -0.2) is 8.78 Å². The lowest BCUT2D eigenvalue weighted by Gasteiger charge is -2.29. The molecule has 34 heavy (non-hydrogen) atoms. The van der Waals surface area contributed by atoms with E-state index < -0.39 is 5.92 Å². The normalized spacial score (nSPS) is 24.0. The van der Waals surface area contributed by atoms with E-state index in [1.807, 2.05) is 20.0 Å². The number of rotatable bonds is 8. The van der Waals surface area contributed by atoms with Crippen LogP contribution < -0.4 is 14.8 Å². The molecule has 2 aliphatic rings. The number of pyridine rings is 1. The van der Waals surface area contributed by atoms with Crippen LogP contribution in [0.1, 0.15) is 65.2 Å². The van der Waals surface area contributed by atoms with E-state index in [-0.39, 0.29) is 43.1 Å². The summed E-state index contributed by atoms with van der Waals surface area (Å²) in [4.78, 5) is 20.2. The van der Waals surface area contributed by atoms with Gasteiger partial charge in [0.2, 0.25) is 17.7 Å². The van der Waals surface area contributed by atoms with E-state index in [2.05, 4.69) is 15.3 Å². The van der Waals surface area contributed by atoms with Crippen molar-refractivity contribution in [1.29, 1.82) is 0 Å². The zero-order chi connectivity index (χ0) is 24.3. The molecule has 0 bridgehead atoms. The predicted octanol–water partition coefficient (Wildman–Crippen LogP) is 4.16. The smallest absolute Gasteiger partial charge is 0.298 e. The maximum atomic E-state index is 13.4. The number of fused-ring (bicyclic) bond motifs is 1. The fourth-order valence-electron chi connectivity index (χ4n) is 4.63. The summed E-state index contributed by atoms with van der Waals surface area (Å²) in [7, 11) is 1.81. The van der Waals surface area contributed by atoms with Gasteiger partial charge < -0.3 is 19.5 Å². The molecule has 8 nitrogen and oxygen atoms in total. The van der Waals surface area contributed by atoms with Crippen molar-refractivity contribution in [2.24, 2.45) is 7.05 Å². The number of halogens is 2. The second kappa shape index (κ2) is 10.4. The van der Waals surface area contributed by atoms with E-state index in [4.69, 9.17) is 14.2 Å². The molecule has 10 heteroatoms. The fourth-order valence-corrected chi connectivity index (χ4v) is 4.63. The first-order valence-electron chi connectivity index (χ1n) is 12.1. The van der Waals surface area contributed by atoms with Crippen LogP contribution in [0.2, 0.25) is 0 Å². The average molecular weight is 481 g/mol. The minimum atomic E-state index is -2.59. The number of carbonyl (C=O) groups is 1. The third-order valence-electron chi connectivity index (χ3n) is 6.53. The summed E-state index contributed by atoms with van der Waals surface area (Å²) < 4.78 is 46.6. The predicted molar refractivity (Wildman–Crippen MR) is 122 cm³/mol. The standard InChI is InChI=1S/C24H34F2N4O4/c1-15(27-16(2)31)14-32-17-4-6-18(7-5-17)33-21-9-8-20-22(29-21)30(3)23(28-20)34-19-10-12-24(25,26)13-11-19/h8-9,15,17-19H,4-7,10-14H2,1-3H3,(H,27,31)/t15-,17?,18?/m0/s1. The van der Waals surface area contributed by atoms with Crippen LogP contribution in [0.25, 0.3) is 11.2 Å². The summed E-state index contributed by atoms with van der Waals surface area (Å²) in [5.41, 5.74) is 1.31. The molecular formula is C24H34F2N4O4. The molecule has 0 saturated heterocycles. The number of aryl methyl sites for hydroxylation is 1. The Labute approximate surface area is 198 Å². The molecule has 1 N–H and O–H groups in total. The molecule has 2 heterocycles. The van der Waals surface area contributed by atoms with Crippen molar-refractivity contribution in [3.05, 3.63) is 12.1 Å². The Bertz CT molecular complexity index is 981. The second-order valence-electron chi connectivity index (χ2n) is 9.57. The lowest BCUT2D eigenvalue weighted by molar-refractivity contribution is -0.120. The van der Waals surface area contributed by atoms with Gasteiger partial charge in [0.15, 0.2) is 5.65 Å². The number of ether oxygens (including phenoxy) is 3. The first-order valence-corrected chi connectivity index (χ1v) is 12.1. The van der Waals surface area contributed by atoms with Crippen molar-refractivity contribution in [2.45, 2.75) is 95.5 Å². The zero-order valence-electron chi connectivity index (χ0n) is 20.1. The summed E-state index contributed by atoms with van der Waals surface area (Å²) in [5, 5.41) is 2.83. The molecule has 2 aromatic heterocycles. The van der Waals surface area contributed by atoms with Crippen LogP contribution >= 0.6 is 0 Å². The number of hydrogen-bond donors (Lipinski definition) is 1. The maximum absolute atomic E-state index is 13.4. The largest absolute Gasteiger partial charge is 0.474 e. The molecule has 1 amide bonds. The number of imidazole rings is 1. The van der Waals surface area contributed by atoms with E-state index in [0.717, 1.165) is 25.7 Å². The highest BCUT2D eigenvalue weighted by Crippen LogP contribution is 2.35. The van der Waals surface area contributed by atoms with Crippen molar-refractivity contribution in [3.8, 4) is 11.9 Å². The van der Waals surface area contributed by atoms with Crippen LogP contribution in [0, 0.1) is 0 Å². The number of aromatic nitrogens is 3. The quantitative estimate of drug-likeness (QED) is 0.611. The van der Waals surface area contributed by atoms with Crippen molar-refractivity contribution >= 4 is 17.1 Å². The number of hydrogen-bond acceptors (Lipinski definition) is 6. The Hall–Kier alpha value is -2.49. The first-order chi connectivity index (χ1) is 16.2. The van der Waals surface area contributed by atoms with Gasteiger partial charge in [0.05, 0.1) is 12.7 Å². The molecule has 2 saturated carbocycles. The highest BCUT2D eigenvalue weighted by molar-refractivity contribution is 5.73. The highest BCUT2D eigenvalue weighted by Gasteiger charge is 2.36. The molecule has 0 unspecified atom stereocenters. The Morgan fingerprint density at radius 3 is 2.41 bits per heavy atom. The monoisotopic (exact) mass is 480 g/mol. The van der Waals surface area contributed by atoms with Crippen molar-refractivity contribution in [3.63, 3.8) is 0 Å². The summed E-state index contributed by atoms with van der Waals surface area (Å²) in [5.74, 6) is -2.11. The molecule has 188 valence electrons. The minimum Gasteiger partial charge on any atom is -0.474 e. The van der Waals surface area contributed by atoms with E-state index in [0.29, 0.717) is 42.5 Å². The second-order valence-corrected chi connectivity index (χ2v) is 9.57. The molecule has 0 spiro atoms. The maximum Gasteiger partial charge on any atom is 0.298 e. The third-order valence-corrected chi connectivity index (χ3v) is 6.53. The van der Waals surface area contributed by atoms with Crippen LogP contribution in [0.4, 0.5) is 8.78 Å². The SMILES string of the molecule is CC(=O)N[C@@H](C)COC1CCC(Oc2ccc3nc(OC4CCC(F)(F)CC4)n(C)c3n2)CC1.